The third-order valence-electron chi connectivity index (χ3n) is 5.06. The Kier molecular flexibility index (Phi) is 6.38. The van der Waals surface area contributed by atoms with Crippen molar-refractivity contribution in [2.24, 2.45) is 5.10 Å². The molecule has 2 aromatic rings. The lowest BCUT2D eigenvalue weighted by Crippen LogP contribution is -2.45. The molecular weight excluding hydrogens is 517 g/mol. The number of halogens is 3. The van der Waals surface area contributed by atoms with Crippen LogP contribution in [0.4, 0.5) is 10.1 Å². The summed E-state index contributed by atoms with van der Waals surface area (Å²) in [6, 6.07) is 6.21. The molecule has 0 aliphatic carbocycles. The van der Waals surface area contributed by atoms with Gasteiger partial charge in [0.1, 0.15) is 11.6 Å². The first-order valence-electron chi connectivity index (χ1n) is 9.37. The maximum absolute atomic E-state index is 14.8. The molecule has 1 aliphatic rings. The van der Waals surface area contributed by atoms with Gasteiger partial charge < -0.3 is 10.0 Å². The Labute approximate surface area is 191 Å². The van der Waals surface area contributed by atoms with Gasteiger partial charge in [-0.2, -0.15) is 5.10 Å². The minimum atomic E-state index is -0.485. The van der Waals surface area contributed by atoms with Gasteiger partial charge in [-0.05, 0) is 89.4 Å². The Morgan fingerprint density at radius 3 is 2.50 bits per heavy atom. The van der Waals surface area contributed by atoms with E-state index in [2.05, 4.69) is 67.2 Å². The number of phenols is 1. The first kappa shape index (κ1) is 22.5. The standard InChI is InChI=1S/C22H22Br2FN3O2/c1-5-28-19-9-18(25)14(6-15(19)12(2)10-22(28,3)4)11-26-27-21(30)13-7-16(23)20(29)17(24)8-13/h6-11,29H,5H2,1-4H3,(H,27,30)/b26-11-. The zero-order chi connectivity index (χ0) is 22.2. The van der Waals surface area contributed by atoms with Gasteiger partial charge in [0.25, 0.3) is 5.91 Å². The Morgan fingerprint density at radius 1 is 1.27 bits per heavy atom. The SMILES string of the molecule is CCN1c2cc(F)c(/C=N\NC(=O)c3cc(Br)c(O)c(Br)c3)cc2C(C)=CC1(C)C. The van der Waals surface area contributed by atoms with Crippen LogP contribution in [0.5, 0.6) is 5.75 Å². The smallest absolute Gasteiger partial charge is 0.271 e. The van der Waals surface area contributed by atoms with Crippen LogP contribution in [0.2, 0.25) is 0 Å². The van der Waals surface area contributed by atoms with Crippen molar-refractivity contribution in [3.8, 4) is 5.75 Å². The molecule has 0 aromatic heterocycles. The van der Waals surface area contributed by atoms with Crippen LogP contribution >= 0.6 is 31.9 Å². The number of aromatic hydroxyl groups is 1. The average molecular weight is 539 g/mol. The van der Waals surface area contributed by atoms with Gasteiger partial charge in [-0.25, -0.2) is 9.82 Å². The molecule has 8 heteroatoms. The van der Waals surface area contributed by atoms with Crippen molar-refractivity contribution in [3.05, 3.63) is 61.8 Å². The molecule has 1 aliphatic heterocycles. The van der Waals surface area contributed by atoms with Crippen LogP contribution in [0.25, 0.3) is 5.57 Å². The number of nitrogens with zero attached hydrogens (tertiary/aromatic N) is 2. The zero-order valence-electron chi connectivity index (χ0n) is 17.1. The fraction of sp³-hybridized carbons (Fsp3) is 0.273. The Balaban J connectivity index is 1.85. The van der Waals surface area contributed by atoms with Crippen LogP contribution in [0.15, 0.2) is 44.4 Å². The van der Waals surface area contributed by atoms with Crippen molar-refractivity contribution in [3.63, 3.8) is 0 Å². The van der Waals surface area contributed by atoms with Gasteiger partial charge in [-0.3, -0.25) is 4.79 Å². The molecular formula is C22H22Br2FN3O2. The van der Waals surface area contributed by atoms with Crippen LogP contribution in [-0.2, 0) is 0 Å². The number of nitrogens with one attached hydrogen (secondary N) is 1. The average Bonchev–Trinajstić information content (AvgIpc) is 2.66. The lowest BCUT2D eigenvalue weighted by atomic mass is 9.88. The van der Waals surface area contributed by atoms with Crippen molar-refractivity contribution < 1.29 is 14.3 Å². The number of phenolic OH excluding ortho intramolecular Hbond substituents is 1. The second-order valence-corrected chi connectivity index (χ2v) is 9.31. The van der Waals surface area contributed by atoms with E-state index >= 15 is 0 Å². The van der Waals surface area contributed by atoms with E-state index in [4.69, 9.17) is 0 Å². The lowest BCUT2D eigenvalue weighted by Gasteiger charge is -2.42. The van der Waals surface area contributed by atoms with Crippen LogP contribution in [0.1, 0.15) is 49.2 Å². The van der Waals surface area contributed by atoms with E-state index in [0.717, 1.165) is 23.4 Å². The van der Waals surface area contributed by atoms with E-state index < -0.39 is 11.7 Å². The van der Waals surface area contributed by atoms with Crippen molar-refractivity contribution in [2.75, 3.05) is 11.4 Å². The molecule has 2 N–H and O–H groups in total. The topological polar surface area (TPSA) is 64.9 Å². The Morgan fingerprint density at radius 2 is 1.90 bits per heavy atom. The third kappa shape index (κ3) is 4.30. The van der Waals surface area contributed by atoms with Crippen LogP contribution in [0, 0.1) is 5.82 Å². The molecule has 0 bridgehead atoms. The van der Waals surface area contributed by atoms with Gasteiger partial charge in [0, 0.05) is 28.9 Å². The summed E-state index contributed by atoms with van der Waals surface area (Å²) in [6.07, 6.45) is 3.46. The summed E-state index contributed by atoms with van der Waals surface area (Å²) in [6.45, 7) is 9.01. The second-order valence-electron chi connectivity index (χ2n) is 7.60. The van der Waals surface area contributed by atoms with E-state index in [0.29, 0.717) is 8.95 Å². The van der Waals surface area contributed by atoms with E-state index in [1.807, 2.05) is 13.8 Å². The molecule has 30 heavy (non-hydrogen) atoms. The lowest BCUT2D eigenvalue weighted by molar-refractivity contribution is 0.0955. The highest BCUT2D eigenvalue weighted by atomic mass is 79.9. The fourth-order valence-electron chi connectivity index (χ4n) is 3.71. The monoisotopic (exact) mass is 537 g/mol. The number of benzene rings is 2. The quantitative estimate of drug-likeness (QED) is 0.379. The number of carbonyl (C=O) groups is 1. The minimum Gasteiger partial charge on any atom is -0.506 e. The summed E-state index contributed by atoms with van der Waals surface area (Å²) in [4.78, 5) is 14.5. The highest BCUT2D eigenvalue weighted by Gasteiger charge is 2.30. The number of fused-ring (bicyclic) bond motifs is 1. The number of amides is 1. The van der Waals surface area contributed by atoms with E-state index in [1.165, 1.54) is 24.4 Å². The molecule has 0 radical (unpaired) electrons. The molecule has 0 atom stereocenters. The van der Waals surface area contributed by atoms with Gasteiger partial charge in [0.2, 0.25) is 0 Å². The third-order valence-corrected chi connectivity index (χ3v) is 6.27. The summed E-state index contributed by atoms with van der Waals surface area (Å²) < 4.78 is 15.5. The molecule has 158 valence electrons. The van der Waals surface area contributed by atoms with Gasteiger partial charge >= 0.3 is 0 Å². The molecule has 3 rings (SSSR count). The minimum absolute atomic E-state index is 0.00101. The number of hydrogen-bond acceptors (Lipinski definition) is 4. The molecule has 0 saturated carbocycles. The second kappa shape index (κ2) is 8.51. The Bertz CT molecular complexity index is 1060. The molecule has 0 spiro atoms. The van der Waals surface area contributed by atoms with Crippen LogP contribution in [-0.4, -0.2) is 29.3 Å². The first-order chi connectivity index (χ1) is 14.0. The van der Waals surface area contributed by atoms with Crippen LogP contribution in [0.3, 0.4) is 0 Å². The van der Waals surface area contributed by atoms with E-state index in [1.54, 1.807) is 6.07 Å². The summed E-state index contributed by atoms with van der Waals surface area (Å²) in [7, 11) is 0. The predicted molar refractivity (Wildman–Crippen MR) is 126 cm³/mol. The summed E-state index contributed by atoms with van der Waals surface area (Å²) in [5.41, 5.74) is 5.61. The van der Waals surface area contributed by atoms with E-state index in [-0.39, 0.29) is 22.4 Å². The molecule has 5 nitrogen and oxygen atoms in total. The number of hydrogen-bond donors (Lipinski definition) is 2. The van der Waals surface area contributed by atoms with Gasteiger partial charge in [0.05, 0.1) is 20.7 Å². The highest BCUT2D eigenvalue weighted by molar-refractivity contribution is 9.11. The summed E-state index contributed by atoms with van der Waals surface area (Å²) in [5.74, 6) is -0.897. The number of anilines is 1. The van der Waals surface area contributed by atoms with Gasteiger partial charge in [-0.15, -0.1) is 0 Å². The van der Waals surface area contributed by atoms with Crippen LogP contribution < -0.4 is 10.3 Å². The number of allylic oxidation sites excluding steroid dienone is 1. The van der Waals surface area contributed by atoms with E-state index in [9.17, 15) is 14.3 Å². The summed E-state index contributed by atoms with van der Waals surface area (Å²) in [5, 5.41) is 13.7. The Hall–Kier alpha value is -2.19. The largest absolute Gasteiger partial charge is 0.506 e. The maximum Gasteiger partial charge on any atom is 0.271 e. The molecule has 1 heterocycles. The zero-order valence-corrected chi connectivity index (χ0v) is 20.2. The normalized spacial score (nSPS) is 15.2. The molecule has 0 unspecified atom stereocenters. The molecule has 0 fully saturated rings. The fourth-order valence-corrected chi connectivity index (χ4v) is 4.90. The number of carbonyl (C=O) groups excluding carboxylic acids is 1. The summed E-state index contributed by atoms with van der Waals surface area (Å²) >= 11 is 6.36. The molecule has 1 amide bonds. The first-order valence-corrected chi connectivity index (χ1v) is 11.0. The maximum atomic E-state index is 14.8. The molecule has 2 aromatic carbocycles. The number of rotatable bonds is 4. The van der Waals surface area contributed by atoms with Gasteiger partial charge in [0.15, 0.2) is 0 Å². The highest BCUT2D eigenvalue weighted by Crippen LogP contribution is 2.39. The molecule has 0 saturated heterocycles. The predicted octanol–water partition coefficient (Wildman–Crippen LogP) is 5.84. The van der Waals surface area contributed by atoms with Gasteiger partial charge in [-0.1, -0.05) is 6.08 Å². The van der Waals surface area contributed by atoms with Crippen molar-refractivity contribution in [1.82, 2.24) is 5.43 Å². The number of likely N-dealkylation sites (N-methyl/N-ethyl adjacent to an activating group) is 1. The van der Waals surface area contributed by atoms with Crippen molar-refractivity contribution >= 4 is 55.2 Å². The van der Waals surface area contributed by atoms with Crippen molar-refractivity contribution in [2.45, 2.75) is 33.2 Å². The number of hydrazone groups is 1. The van der Waals surface area contributed by atoms with Crippen molar-refractivity contribution in [1.29, 1.82) is 0 Å².